The molecule has 1 saturated heterocycles. The van der Waals surface area contributed by atoms with Crippen LogP contribution in [0.4, 0.5) is 0 Å². The van der Waals surface area contributed by atoms with E-state index in [2.05, 4.69) is 29.4 Å². The first kappa shape index (κ1) is 15.4. The lowest BCUT2D eigenvalue weighted by molar-refractivity contribution is -0.128. The van der Waals surface area contributed by atoms with Crippen molar-refractivity contribution in [1.29, 1.82) is 0 Å². The average molecular weight is 255 g/mol. The van der Waals surface area contributed by atoms with Gasteiger partial charge in [0, 0.05) is 32.2 Å². The molecule has 1 amide bonds. The third kappa shape index (κ3) is 4.58. The molecule has 1 aliphatic heterocycles. The van der Waals surface area contributed by atoms with E-state index in [-0.39, 0.29) is 11.9 Å². The minimum absolute atomic E-state index is 0.00956. The lowest BCUT2D eigenvalue weighted by Gasteiger charge is -2.39. The number of carbonyl (C=O) groups excluding carboxylic acids is 1. The van der Waals surface area contributed by atoms with E-state index in [9.17, 15) is 4.79 Å². The molecule has 0 aromatic carbocycles. The van der Waals surface area contributed by atoms with E-state index in [4.69, 9.17) is 0 Å². The average Bonchev–Trinajstić information content (AvgIpc) is 2.39. The first-order chi connectivity index (χ1) is 8.70. The standard InChI is InChI=1S/C14H29N3O/c1-4-6-7-8-12(3)17-10-9-15-11-13(17)14(18)16-5-2/h12-13,15H,4-11H2,1-3H3,(H,16,18). The zero-order valence-electron chi connectivity index (χ0n) is 12.2. The van der Waals surface area contributed by atoms with Crippen molar-refractivity contribution in [3.63, 3.8) is 0 Å². The van der Waals surface area contributed by atoms with Gasteiger partial charge in [-0.05, 0) is 20.3 Å². The summed E-state index contributed by atoms with van der Waals surface area (Å²) in [4.78, 5) is 14.4. The van der Waals surface area contributed by atoms with Gasteiger partial charge in [-0.25, -0.2) is 0 Å². The molecule has 1 rings (SSSR count). The molecule has 4 heteroatoms. The predicted octanol–water partition coefficient (Wildman–Crippen LogP) is 1.37. The Hall–Kier alpha value is -0.610. The lowest BCUT2D eigenvalue weighted by Crippen LogP contribution is -2.60. The van der Waals surface area contributed by atoms with Crippen LogP contribution >= 0.6 is 0 Å². The van der Waals surface area contributed by atoms with Crippen molar-refractivity contribution < 1.29 is 4.79 Å². The van der Waals surface area contributed by atoms with Crippen LogP contribution in [-0.2, 0) is 4.79 Å². The molecule has 1 aliphatic rings. The monoisotopic (exact) mass is 255 g/mol. The number of rotatable bonds is 7. The molecule has 0 spiro atoms. The Bertz CT molecular complexity index is 245. The Balaban J connectivity index is 2.49. The highest BCUT2D eigenvalue weighted by molar-refractivity contribution is 5.82. The summed E-state index contributed by atoms with van der Waals surface area (Å²) in [6.45, 7) is 9.93. The molecule has 0 aliphatic carbocycles. The lowest BCUT2D eigenvalue weighted by atomic mass is 10.0. The number of carbonyl (C=O) groups is 1. The normalized spacial score (nSPS) is 22.7. The number of hydrogen-bond acceptors (Lipinski definition) is 3. The molecular weight excluding hydrogens is 226 g/mol. The van der Waals surface area contributed by atoms with Gasteiger partial charge >= 0.3 is 0 Å². The maximum atomic E-state index is 12.1. The highest BCUT2D eigenvalue weighted by Crippen LogP contribution is 2.14. The summed E-state index contributed by atoms with van der Waals surface area (Å²) < 4.78 is 0. The fourth-order valence-electron chi connectivity index (χ4n) is 2.64. The highest BCUT2D eigenvalue weighted by atomic mass is 16.2. The van der Waals surface area contributed by atoms with Crippen molar-refractivity contribution in [1.82, 2.24) is 15.5 Å². The van der Waals surface area contributed by atoms with Gasteiger partial charge in [0.15, 0.2) is 0 Å². The fraction of sp³-hybridized carbons (Fsp3) is 0.929. The van der Waals surface area contributed by atoms with Gasteiger partial charge in [0.1, 0.15) is 6.04 Å². The molecule has 0 bridgehead atoms. The third-order valence-corrected chi connectivity index (χ3v) is 3.73. The van der Waals surface area contributed by atoms with Crippen LogP contribution in [0.25, 0.3) is 0 Å². The second-order valence-corrected chi connectivity index (χ2v) is 5.20. The molecular formula is C14H29N3O. The Labute approximate surface area is 111 Å². The first-order valence-electron chi connectivity index (χ1n) is 7.44. The second-order valence-electron chi connectivity index (χ2n) is 5.20. The Morgan fingerprint density at radius 2 is 2.22 bits per heavy atom. The van der Waals surface area contributed by atoms with Crippen LogP contribution in [0.5, 0.6) is 0 Å². The van der Waals surface area contributed by atoms with E-state index in [0.29, 0.717) is 12.6 Å². The van der Waals surface area contributed by atoms with Crippen LogP contribution in [0.15, 0.2) is 0 Å². The topological polar surface area (TPSA) is 44.4 Å². The minimum Gasteiger partial charge on any atom is -0.355 e. The summed E-state index contributed by atoms with van der Waals surface area (Å²) in [7, 11) is 0. The molecule has 0 aromatic heterocycles. The Morgan fingerprint density at radius 3 is 2.89 bits per heavy atom. The van der Waals surface area contributed by atoms with Gasteiger partial charge in [-0.2, -0.15) is 0 Å². The molecule has 0 aromatic rings. The van der Waals surface area contributed by atoms with E-state index >= 15 is 0 Å². The zero-order valence-corrected chi connectivity index (χ0v) is 12.2. The molecule has 4 nitrogen and oxygen atoms in total. The van der Waals surface area contributed by atoms with Gasteiger partial charge in [-0.3, -0.25) is 9.69 Å². The van der Waals surface area contributed by atoms with Crippen molar-refractivity contribution in [3.05, 3.63) is 0 Å². The van der Waals surface area contributed by atoms with E-state index in [1.807, 2.05) is 6.92 Å². The van der Waals surface area contributed by atoms with Crippen LogP contribution in [0, 0.1) is 0 Å². The SMILES string of the molecule is CCCCCC(C)N1CCNCC1C(=O)NCC. The van der Waals surface area contributed by atoms with Crippen molar-refractivity contribution in [3.8, 4) is 0 Å². The fourth-order valence-corrected chi connectivity index (χ4v) is 2.64. The summed E-state index contributed by atoms with van der Waals surface area (Å²) in [5.41, 5.74) is 0. The molecule has 0 radical (unpaired) electrons. The second kappa shape index (κ2) is 8.48. The number of unbranched alkanes of at least 4 members (excludes halogenated alkanes) is 2. The number of nitrogens with one attached hydrogen (secondary N) is 2. The summed E-state index contributed by atoms with van der Waals surface area (Å²) >= 11 is 0. The molecule has 1 heterocycles. The quantitative estimate of drug-likeness (QED) is 0.675. The van der Waals surface area contributed by atoms with Gasteiger partial charge in [0.05, 0.1) is 0 Å². The van der Waals surface area contributed by atoms with E-state index in [1.165, 1.54) is 25.7 Å². The molecule has 106 valence electrons. The third-order valence-electron chi connectivity index (χ3n) is 3.73. The van der Waals surface area contributed by atoms with Crippen LogP contribution in [0.2, 0.25) is 0 Å². The summed E-state index contributed by atoms with van der Waals surface area (Å²) in [6, 6.07) is 0.515. The van der Waals surface area contributed by atoms with Gasteiger partial charge < -0.3 is 10.6 Å². The van der Waals surface area contributed by atoms with Crippen molar-refractivity contribution in [2.24, 2.45) is 0 Å². The molecule has 1 fully saturated rings. The molecule has 18 heavy (non-hydrogen) atoms. The molecule has 2 atom stereocenters. The summed E-state index contributed by atoms with van der Waals surface area (Å²) in [5, 5.41) is 6.27. The maximum absolute atomic E-state index is 12.1. The molecule has 2 unspecified atom stereocenters. The first-order valence-corrected chi connectivity index (χ1v) is 7.44. The Morgan fingerprint density at radius 1 is 1.44 bits per heavy atom. The number of likely N-dealkylation sites (N-methyl/N-ethyl adjacent to an activating group) is 1. The van der Waals surface area contributed by atoms with Crippen LogP contribution in [0.3, 0.4) is 0 Å². The van der Waals surface area contributed by atoms with Crippen LogP contribution < -0.4 is 10.6 Å². The van der Waals surface area contributed by atoms with Crippen molar-refractivity contribution in [2.75, 3.05) is 26.2 Å². The van der Waals surface area contributed by atoms with Crippen molar-refractivity contribution in [2.45, 2.75) is 58.5 Å². The Kier molecular flexibility index (Phi) is 7.28. The van der Waals surface area contributed by atoms with Crippen LogP contribution in [-0.4, -0.2) is 49.1 Å². The number of piperazine rings is 1. The number of amides is 1. The van der Waals surface area contributed by atoms with E-state index in [1.54, 1.807) is 0 Å². The van der Waals surface area contributed by atoms with Crippen LogP contribution in [0.1, 0.15) is 46.5 Å². The summed E-state index contributed by atoms with van der Waals surface area (Å²) in [5.74, 6) is 0.173. The maximum Gasteiger partial charge on any atom is 0.238 e. The predicted molar refractivity (Wildman–Crippen MR) is 75.7 cm³/mol. The number of hydrogen-bond donors (Lipinski definition) is 2. The highest BCUT2D eigenvalue weighted by Gasteiger charge is 2.30. The van der Waals surface area contributed by atoms with E-state index in [0.717, 1.165) is 19.6 Å². The van der Waals surface area contributed by atoms with E-state index < -0.39 is 0 Å². The minimum atomic E-state index is 0.00956. The zero-order chi connectivity index (χ0) is 13.4. The van der Waals surface area contributed by atoms with Gasteiger partial charge in [-0.15, -0.1) is 0 Å². The molecule has 2 N–H and O–H groups in total. The smallest absolute Gasteiger partial charge is 0.238 e. The molecule has 0 saturated carbocycles. The number of nitrogens with zero attached hydrogens (tertiary/aromatic N) is 1. The van der Waals surface area contributed by atoms with Gasteiger partial charge in [0.2, 0.25) is 5.91 Å². The largest absolute Gasteiger partial charge is 0.355 e. The summed E-state index contributed by atoms with van der Waals surface area (Å²) in [6.07, 6.45) is 5.02. The van der Waals surface area contributed by atoms with Gasteiger partial charge in [-0.1, -0.05) is 26.2 Å². The van der Waals surface area contributed by atoms with Crippen molar-refractivity contribution >= 4 is 5.91 Å². The van der Waals surface area contributed by atoms with Gasteiger partial charge in [0.25, 0.3) is 0 Å².